The minimum Gasteiger partial charge on any atom is -0.456 e. The van der Waals surface area contributed by atoms with Gasteiger partial charge in [0.1, 0.15) is 11.2 Å². The molecular formula is C17H9F9O4S3. The minimum absolute atomic E-state index is 0.807. The molecule has 0 fully saturated rings. The summed E-state index contributed by atoms with van der Waals surface area (Å²) in [7, 11) is -7.17. The third kappa shape index (κ3) is 4.79. The van der Waals surface area contributed by atoms with Crippen LogP contribution < -0.4 is 0 Å². The molecule has 1 heterocycles. The third-order valence-corrected chi connectivity index (χ3v) is 5.62. The van der Waals surface area contributed by atoms with Crippen molar-refractivity contribution in [3.8, 4) is 0 Å². The average molecular weight is 544 g/mol. The highest BCUT2D eigenvalue weighted by atomic mass is 32.2. The van der Waals surface area contributed by atoms with E-state index < -0.39 is 33.4 Å². The number of fused-ring (bicyclic) bond motifs is 2. The maximum atomic E-state index is 12.2. The summed E-state index contributed by atoms with van der Waals surface area (Å²) in [5.74, 6) is -14.7. The summed E-state index contributed by atoms with van der Waals surface area (Å²) in [4.78, 5) is 0.893. The second-order valence-electron chi connectivity index (χ2n) is 6.25. The van der Waals surface area contributed by atoms with Crippen molar-refractivity contribution in [2.75, 3.05) is 0 Å². The molecule has 33 heavy (non-hydrogen) atoms. The maximum Gasteiger partial charge on any atom is 0.460 e. The SMILES string of the molecule is O=S(=O)(O)C(F)(F)C(F)(F)C(F)(F)C(F)(F)F.S=c1c2ccccc2oc2ccc(S)cc12. The number of hydrogen-bond donors (Lipinski definition) is 2. The predicted octanol–water partition coefficient (Wildman–Crippen LogP) is 6.90. The zero-order chi connectivity index (χ0) is 25.6. The molecule has 2 aromatic carbocycles. The van der Waals surface area contributed by atoms with Crippen LogP contribution in [0.5, 0.6) is 0 Å². The Balaban J connectivity index is 0.000000233. The summed E-state index contributed by atoms with van der Waals surface area (Å²) in [6.07, 6.45) is -7.13. The van der Waals surface area contributed by atoms with Gasteiger partial charge in [0.2, 0.25) is 0 Å². The molecule has 182 valence electrons. The maximum absolute atomic E-state index is 12.2. The Kier molecular flexibility index (Phi) is 7.11. The quantitative estimate of drug-likeness (QED) is 0.123. The number of benzene rings is 2. The molecule has 1 aromatic heterocycles. The Bertz CT molecular complexity index is 1350. The van der Waals surface area contributed by atoms with Crippen LogP contribution in [0.15, 0.2) is 51.8 Å². The van der Waals surface area contributed by atoms with E-state index in [4.69, 9.17) is 21.2 Å². The first-order valence-corrected chi connectivity index (χ1v) is 10.4. The van der Waals surface area contributed by atoms with Gasteiger partial charge in [0.15, 0.2) is 0 Å². The van der Waals surface area contributed by atoms with E-state index in [9.17, 15) is 47.9 Å². The van der Waals surface area contributed by atoms with E-state index in [1.165, 1.54) is 0 Å². The van der Waals surface area contributed by atoms with Gasteiger partial charge in [-0.3, -0.25) is 4.55 Å². The number of thiol groups is 1. The number of halogens is 9. The normalized spacial score (nSPS) is 13.7. The fraction of sp³-hybridized carbons (Fsp3) is 0.235. The lowest BCUT2D eigenvalue weighted by Crippen LogP contribution is -2.63. The minimum atomic E-state index is -7.37. The van der Waals surface area contributed by atoms with Crippen LogP contribution in [0.1, 0.15) is 0 Å². The van der Waals surface area contributed by atoms with Gasteiger partial charge < -0.3 is 4.42 Å². The van der Waals surface area contributed by atoms with Gasteiger partial charge in [0, 0.05) is 15.7 Å². The second kappa shape index (κ2) is 8.63. The predicted molar refractivity (Wildman–Crippen MR) is 104 cm³/mol. The summed E-state index contributed by atoms with van der Waals surface area (Å²) in [6.45, 7) is 0. The third-order valence-electron chi connectivity index (χ3n) is 4.00. The molecule has 0 atom stereocenters. The van der Waals surface area contributed by atoms with Crippen molar-refractivity contribution >= 4 is 56.9 Å². The number of alkyl halides is 9. The van der Waals surface area contributed by atoms with Gasteiger partial charge in [-0.2, -0.15) is 47.9 Å². The standard InChI is InChI=1S/C13H8OS2.C4HF9O3S/c15-8-5-6-12-10(7-8)13(16)9-3-1-2-4-11(9)14-12;5-1(6,3(9,10)11)2(7,8)4(12,13)17(14,15)16/h1-7,15H;(H,14,15,16). The average Bonchev–Trinajstić information content (AvgIpc) is 2.67. The highest BCUT2D eigenvalue weighted by Gasteiger charge is 2.85. The van der Waals surface area contributed by atoms with E-state index in [0.29, 0.717) is 0 Å². The number of hydrogen-bond acceptors (Lipinski definition) is 5. The molecule has 0 saturated heterocycles. The Labute approximate surface area is 189 Å². The van der Waals surface area contributed by atoms with Crippen LogP contribution in [0.2, 0.25) is 0 Å². The highest BCUT2D eigenvalue weighted by Crippen LogP contribution is 2.54. The smallest absolute Gasteiger partial charge is 0.456 e. The summed E-state index contributed by atoms with van der Waals surface area (Å²) < 4.78 is 141. The van der Waals surface area contributed by atoms with E-state index in [-0.39, 0.29) is 0 Å². The fourth-order valence-electron chi connectivity index (χ4n) is 2.31. The molecule has 1 N–H and O–H groups in total. The lowest BCUT2D eigenvalue weighted by Gasteiger charge is -2.31. The molecule has 4 nitrogen and oxygen atoms in total. The van der Waals surface area contributed by atoms with Gasteiger partial charge in [-0.25, -0.2) is 0 Å². The van der Waals surface area contributed by atoms with Crippen molar-refractivity contribution in [2.24, 2.45) is 0 Å². The van der Waals surface area contributed by atoms with Crippen molar-refractivity contribution < 1.29 is 56.9 Å². The molecule has 0 bridgehead atoms. The molecule has 3 rings (SSSR count). The second-order valence-corrected chi connectivity index (χ2v) is 8.63. The summed E-state index contributed by atoms with van der Waals surface area (Å²) in [6, 6.07) is 13.6. The summed E-state index contributed by atoms with van der Waals surface area (Å²) >= 11 is 9.77. The van der Waals surface area contributed by atoms with Crippen LogP contribution >= 0.6 is 24.8 Å². The Morgan fingerprint density at radius 1 is 0.818 bits per heavy atom. The molecule has 0 saturated carbocycles. The summed E-state index contributed by atoms with van der Waals surface area (Å²) in [5.41, 5.74) is 1.63. The van der Waals surface area contributed by atoms with Gasteiger partial charge in [-0.1, -0.05) is 24.4 Å². The van der Waals surface area contributed by atoms with E-state index in [1.807, 2.05) is 42.5 Å². The molecule has 16 heteroatoms. The van der Waals surface area contributed by atoms with Gasteiger partial charge in [0.25, 0.3) is 0 Å². The zero-order valence-electron chi connectivity index (χ0n) is 15.4. The van der Waals surface area contributed by atoms with Crippen LogP contribution in [0.4, 0.5) is 39.5 Å². The Morgan fingerprint density at radius 3 is 1.85 bits per heavy atom. The van der Waals surface area contributed by atoms with Crippen LogP contribution in [-0.4, -0.2) is 36.2 Å². The van der Waals surface area contributed by atoms with Crippen LogP contribution in [0, 0.1) is 4.51 Å². The first-order valence-electron chi connectivity index (χ1n) is 8.07. The topological polar surface area (TPSA) is 67.5 Å². The van der Waals surface area contributed by atoms with Gasteiger partial charge in [0.05, 0.1) is 4.51 Å². The monoisotopic (exact) mass is 544 g/mol. The first kappa shape index (κ1) is 27.2. The van der Waals surface area contributed by atoms with Crippen LogP contribution in [0.3, 0.4) is 0 Å². The molecule has 0 radical (unpaired) electrons. The van der Waals surface area contributed by atoms with Crippen LogP contribution in [-0.2, 0) is 10.1 Å². The Hall–Kier alpha value is -2.04. The number of para-hydroxylation sites is 1. The van der Waals surface area contributed by atoms with Gasteiger partial charge in [-0.15, -0.1) is 12.6 Å². The molecule has 0 amide bonds. The fourth-order valence-corrected chi connectivity index (χ4v) is 3.30. The van der Waals surface area contributed by atoms with Crippen molar-refractivity contribution in [2.45, 2.75) is 28.2 Å². The van der Waals surface area contributed by atoms with Crippen molar-refractivity contribution in [3.05, 3.63) is 47.0 Å². The summed E-state index contributed by atoms with van der Waals surface area (Å²) in [5, 5.41) is -5.08. The van der Waals surface area contributed by atoms with Gasteiger partial charge in [-0.05, 0) is 30.3 Å². The highest BCUT2D eigenvalue weighted by molar-refractivity contribution is 7.87. The zero-order valence-corrected chi connectivity index (χ0v) is 17.9. The van der Waals surface area contributed by atoms with Crippen molar-refractivity contribution in [1.82, 2.24) is 0 Å². The molecular weight excluding hydrogens is 535 g/mol. The lowest BCUT2D eigenvalue weighted by atomic mass is 10.1. The van der Waals surface area contributed by atoms with Crippen molar-refractivity contribution in [1.29, 1.82) is 0 Å². The van der Waals surface area contributed by atoms with Crippen molar-refractivity contribution in [3.63, 3.8) is 0 Å². The van der Waals surface area contributed by atoms with Gasteiger partial charge >= 0.3 is 33.4 Å². The largest absolute Gasteiger partial charge is 0.460 e. The van der Waals surface area contributed by atoms with Crippen LogP contribution in [0.25, 0.3) is 21.9 Å². The number of rotatable bonds is 3. The molecule has 3 aromatic rings. The van der Waals surface area contributed by atoms with E-state index >= 15 is 0 Å². The molecule has 0 spiro atoms. The molecule has 0 aliphatic heterocycles. The first-order chi connectivity index (χ1) is 14.8. The molecule has 0 aliphatic rings. The van der Waals surface area contributed by atoms with E-state index in [1.54, 1.807) is 0 Å². The lowest BCUT2D eigenvalue weighted by molar-refractivity contribution is -0.382. The molecule has 0 unspecified atom stereocenters. The van der Waals surface area contributed by atoms with E-state index in [0.717, 1.165) is 31.3 Å². The Morgan fingerprint density at radius 2 is 1.33 bits per heavy atom. The molecule has 0 aliphatic carbocycles. The van der Waals surface area contributed by atoms with E-state index in [2.05, 4.69) is 12.6 Å².